The highest BCUT2D eigenvalue weighted by Crippen LogP contribution is 2.28. The van der Waals surface area contributed by atoms with Gasteiger partial charge in [-0.05, 0) is 0 Å². The lowest BCUT2D eigenvalue weighted by Gasteiger charge is -1.92. The van der Waals surface area contributed by atoms with Crippen LogP contribution in [-0.2, 0) is 6.42 Å². The summed E-state index contributed by atoms with van der Waals surface area (Å²) in [5.74, 6) is -1.09. The van der Waals surface area contributed by atoms with E-state index in [0.717, 1.165) is 5.56 Å². The van der Waals surface area contributed by atoms with Crippen molar-refractivity contribution in [3.63, 3.8) is 0 Å². The van der Waals surface area contributed by atoms with Crippen molar-refractivity contribution in [1.29, 1.82) is 5.26 Å². The Bertz CT molecular complexity index is 584. The maximum Gasteiger partial charge on any atom is 0.355 e. The summed E-state index contributed by atoms with van der Waals surface area (Å²) in [4.78, 5) is 15.5. The van der Waals surface area contributed by atoms with E-state index >= 15 is 0 Å². The summed E-state index contributed by atoms with van der Waals surface area (Å²) >= 11 is 1.25. The van der Waals surface area contributed by atoms with E-state index < -0.39 is 5.97 Å². The van der Waals surface area contributed by atoms with E-state index in [9.17, 15) is 4.79 Å². The summed E-state index contributed by atoms with van der Waals surface area (Å²) in [5, 5.41) is 18.3. The van der Waals surface area contributed by atoms with Crippen LogP contribution in [0.2, 0.25) is 0 Å². The van der Waals surface area contributed by atoms with Gasteiger partial charge in [-0.25, -0.2) is 9.78 Å². The van der Waals surface area contributed by atoms with E-state index in [1.165, 1.54) is 11.3 Å². The number of hydrogen-bond donors (Lipinski definition) is 1. The zero-order chi connectivity index (χ0) is 12.3. The normalized spacial score (nSPS) is 9.82. The highest BCUT2D eigenvalue weighted by molar-refractivity contribution is 7.15. The van der Waals surface area contributed by atoms with Gasteiger partial charge in [0.25, 0.3) is 0 Å². The fraction of sp³-hybridized carbons (Fsp3) is 0.0833. The van der Waals surface area contributed by atoms with Gasteiger partial charge in [-0.1, -0.05) is 30.3 Å². The maximum atomic E-state index is 11.0. The Hall–Kier alpha value is -2.19. The van der Waals surface area contributed by atoms with Crippen molar-refractivity contribution in [2.75, 3.05) is 0 Å². The molecule has 17 heavy (non-hydrogen) atoms. The number of carbonyl (C=O) groups is 1. The molecule has 2 rings (SSSR count). The predicted molar refractivity (Wildman–Crippen MR) is 63.8 cm³/mol. The lowest BCUT2D eigenvalue weighted by molar-refractivity contribution is 0.0690. The number of carboxylic acids is 1. The lowest BCUT2D eigenvalue weighted by Crippen LogP contribution is -2.00. The average molecular weight is 244 g/mol. The predicted octanol–water partition coefficient (Wildman–Crippen LogP) is 2.57. The molecule has 1 aromatic carbocycles. The fourth-order valence-corrected chi connectivity index (χ4v) is 2.41. The molecular formula is C12H8N2O2S. The number of hydrogen-bond acceptors (Lipinski definition) is 4. The van der Waals surface area contributed by atoms with Crippen molar-refractivity contribution in [1.82, 2.24) is 4.98 Å². The minimum Gasteiger partial charge on any atom is -0.476 e. The number of nitriles is 1. The smallest absolute Gasteiger partial charge is 0.355 e. The number of benzene rings is 1. The van der Waals surface area contributed by atoms with E-state index in [1.807, 2.05) is 36.4 Å². The van der Waals surface area contributed by atoms with E-state index in [4.69, 9.17) is 10.4 Å². The van der Waals surface area contributed by atoms with Gasteiger partial charge in [0.05, 0.1) is 17.4 Å². The molecular weight excluding hydrogens is 236 g/mol. The van der Waals surface area contributed by atoms with Gasteiger partial charge in [-0.15, -0.1) is 11.3 Å². The molecule has 84 valence electrons. The van der Waals surface area contributed by atoms with Crippen molar-refractivity contribution in [2.24, 2.45) is 0 Å². The highest BCUT2D eigenvalue weighted by atomic mass is 32.1. The molecule has 0 spiro atoms. The van der Waals surface area contributed by atoms with Gasteiger partial charge in [0.2, 0.25) is 0 Å². The average Bonchev–Trinajstić information content (AvgIpc) is 2.75. The Balaban J connectivity index is 2.48. The van der Waals surface area contributed by atoms with E-state index in [1.54, 1.807) is 0 Å². The molecule has 4 nitrogen and oxygen atoms in total. The second-order valence-corrected chi connectivity index (χ2v) is 4.38. The molecule has 0 bridgehead atoms. The summed E-state index contributed by atoms with van der Waals surface area (Å²) in [6.07, 6.45) is 0.0755. The number of rotatable bonds is 3. The van der Waals surface area contributed by atoms with Crippen LogP contribution in [0.3, 0.4) is 0 Å². The maximum absolute atomic E-state index is 11.0. The van der Waals surface area contributed by atoms with Crippen LogP contribution in [0.5, 0.6) is 0 Å². The van der Waals surface area contributed by atoms with Crippen molar-refractivity contribution in [3.8, 4) is 16.6 Å². The molecule has 0 aliphatic rings. The Kier molecular flexibility index (Phi) is 3.17. The summed E-state index contributed by atoms with van der Waals surface area (Å²) < 4.78 is 0. The van der Waals surface area contributed by atoms with Gasteiger partial charge >= 0.3 is 5.97 Å². The van der Waals surface area contributed by atoms with Gasteiger partial charge in [0.1, 0.15) is 5.01 Å². The monoisotopic (exact) mass is 244 g/mol. The largest absolute Gasteiger partial charge is 0.476 e. The molecule has 0 aliphatic heterocycles. The van der Waals surface area contributed by atoms with Crippen molar-refractivity contribution in [3.05, 3.63) is 40.9 Å². The Morgan fingerprint density at radius 1 is 1.41 bits per heavy atom. The quantitative estimate of drug-likeness (QED) is 0.900. The van der Waals surface area contributed by atoms with Gasteiger partial charge < -0.3 is 5.11 Å². The van der Waals surface area contributed by atoms with Crippen LogP contribution in [0.1, 0.15) is 15.4 Å². The number of aromatic nitrogens is 1. The van der Waals surface area contributed by atoms with Crippen LogP contribution < -0.4 is 0 Å². The van der Waals surface area contributed by atoms with Gasteiger partial charge in [-0.3, -0.25) is 0 Å². The van der Waals surface area contributed by atoms with Crippen molar-refractivity contribution >= 4 is 17.3 Å². The molecule has 0 radical (unpaired) electrons. The lowest BCUT2D eigenvalue weighted by atomic mass is 10.2. The van der Waals surface area contributed by atoms with Crippen LogP contribution in [0.25, 0.3) is 10.6 Å². The minimum absolute atomic E-state index is 0.0181. The molecule has 1 aromatic heterocycles. The summed E-state index contributed by atoms with van der Waals surface area (Å²) in [6, 6.07) is 11.3. The first-order valence-electron chi connectivity index (χ1n) is 4.87. The van der Waals surface area contributed by atoms with Gasteiger partial charge in [-0.2, -0.15) is 5.26 Å². The zero-order valence-corrected chi connectivity index (χ0v) is 9.57. The minimum atomic E-state index is -1.09. The van der Waals surface area contributed by atoms with Crippen LogP contribution in [-0.4, -0.2) is 16.1 Å². The molecule has 0 saturated carbocycles. The standard InChI is InChI=1S/C12H8N2O2S/c13-7-6-9-10(12(15)16)14-11(17-9)8-4-2-1-3-5-8/h1-5H,6H2,(H,15,16). The third kappa shape index (κ3) is 2.32. The topological polar surface area (TPSA) is 74.0 Å². The number of thiazole rings is 1. The highest BCUT2D eigenvalue weighted by Gasteiger charge is 2.17. The molecule has 0 atom stereocenters. The van der Waals surface area contributed by atoms with Crippen molar-refractivity contribution < 1.29 is 9.90 Å². The van der Waals surface area contributed by atoms with Gasteiger partial charge in [0.15, 0.2) is 5.69 Å². The summed E-state index contributed by atoms with van der Waals surface area (Å²) in [7, 11) is 0. The third-order valence-electron chi connectivity index (χ3n) is 2.16. The Morgan fingerprint density at radius 3 is 2.71 bits per heavy atom. The van der Waals surface area contributed by atoms with Gasteiger partial charge in [0, 0.05) is 5.56 Å². The first-order valence-corrected chi connectivity index (χ1v) is 5.69. The molecule has 0 saturated heterocycles. The summed E-state index contributed by atoms with van der Waals surface area (Å²) in [6.45, 7) is 0. The Labute approximate surface area is 102 Å². The first-order chi connectivity index (χ1) is 8.22. The molecule has 2 aromatic rings. The third-order valence-corrected chi connectivity index (χ3v) is 3.26. The number of carboxylic acid groups (broad SMARTS) is 1. The molecule has 1 N–H and O–H groups in total. The molecule has 0 aliphatic carbocycles. The fourth-order valence-electron chi connectivity index (χ4n) is 1.41. The zero-order valence-electron chi connectivity index (χ0n) is 8.75. The Morgan fingerprint density at radius 2 is 2.12 bits per heavy atom. The second kappa shape index (κ2) is 4.76. The van der Waals surface area contributed by atoms with Crippen LogP contribution in [0.4, 0.5) is 0 Å². The molecule has 1 heterocycles. The van der Waals surface area contributed by atoms with Crippen LogP contribution >= 0.6 is 11.3 Å². The first kappa shape index (κ1) is 11.3. The molecule has 5 heteroatoms. The molecule has 0 unspecified atom stereocenters. The van der Waals surface area contributed by atoms with E-state index in [2.05, 4.69) is 4.98 Å². The summed E-state index contributed by atoms with van der Waals surface area (Å²) in [5.41, 5.74) is 0.847. The van der Waals surface area contributed by atoms with Crippen LogP contribution in [0.15, 0.2) is 30.3 Å². The van der Waals surface area contributed by atoms with Crippen LogP contribution in [0, 0.1) is 11.3 Å². The number of nitrogens with zero attached hydrogens (tertiary/aromatic N) is 2. The molecule has 0 amide bonds. The molecule has 0 fully saturated rings. The SMILES string of the molecule is N#CCc1sc(-c2ccccc2)nc1C(=O)O. The van der Waals surface area contributed by atoms with E-state index in [-0.39, 0.29) is 12.1 Å². The second-order valence-electron chi connectivity index (χ2n) is 3.30. The van der Waals surface area contributed by atoms with Crippen molar-refractivity contribution in [2.45, 2.75) is 6.42 Å². The van der Waals surface area contributed by atoms with E-state index in [0.29, 0.717) is 9.88 Å². The number of aromatic carboxylic acids is 1.